The summed E-state index contributed by atoms with van der Waals surface area (Å²) in [4.78, 5) is 0. The van der Waals surface area contributed by atoms with Crippen LogP contribution < -0.4 is 0 Å². The maximum absolute atomic E-state index is 5.28. The van der Waals surface area contributed by atoms with Crippen molar-refractivity contribution in [2.45, 2.75) is 13.0 Å². The summed E-state index contributed by atoms with van der Waals surface area (Å²) in [5.74, 6) is 0. The molecular weight excluding hydrogens is 172 g/mol. The fourth-order valence-electron chi connectivity index (χ4n) is 0.680. The number of ether oxygens (including phenoxy) is 4. The highest BCUT2D eigenvalue weighted by molar-refractivity contribution is 4.44. The van der Waals surface area contributed by atoms with Crippen molar-refractivity contribution in [2.24, 2.45) is 0 Å². The van der Waals surface area contributed by atoms with E-state index in [4.69, 9.17) is 18.9 Å². The zero-order valence-electron chi connectivity index (χ0n) is 8.75. The molecule has 13 heavy (non-hydrogen) atoms. The van der Waals surface area contributed by atoms with E-state index in [1.807, 2.05) is 6.92 Å². The zero-order chi connectivity index (χ0) is 9.94. The average molecular weight is 192 g/mol. The van der Waals surface area contributed by atoms with Crippen molar-refractivity contribution in [1.82, 2.24) is 0 Å². The van der Waals surface area contributed by atoms with E-state index in [2.05, 4.69) is 0 Å². The molecule has 1 atom stereocenters. The molecule has 0 aromatic rings. The van der Waals surface area contributed by atoms with Crippen molar-refractivity contribution in [2.75, 3.05) is 47.3 Å². The lowest BCUT2D eigenvalue weighted by molar-refractivity contribution is -0.0131. The highest BCUT2D eigenvalue weighted by atomic mass is 16.6. The minimum Gasteiger partial charge on any atom is -0.382 e. The lowest BCUT2D eigenvalue weighted by Crippen LogP contribution is -2.16. The second-order valence-corrected chi connectivity index (χ2v) is 2.73. The van der Waals surface area contributed by atoms with Crippen LogP contribution >= 0.6 is 0 Å². The van der Waals surface area contributed by atoms with Crippen LogP contribution in [0.15, 0.2) is 0 Å². The van der Waals surface area contributed by atoms with Crippen molar-refractivity contribution in [3.63, 3.8) is 0 Å². The maximum Gasteiger partial charge on any atom is 0.0776 e. The first-order valence-electron chi connectivity index (χ1n) is 4.48. The van der Waals surface area contributed by atoms with Crippen LogP contribution in [0.2, 0.25) is 0 Å². The largest absolute Gasteiger partial charge is 0.382 e. The first-order valence-corrected chi connectivity index (χ1v) is 4.48. The van der Waals surface area contributed by atoms with E-state index >= 15 is 0 Å². The van der Waals surface area contributed by atoms with Gasteiger partial charge in [0.15, 0.2) is 0 Å². The Bertz CT molecular complexity index is 97.6. The van der Waals surface area contributed by atoms with E-state index in [1.165, 1.54) is 0 Å². The van der Waals surface area contributed by atoms with Gasteiger partial charge >= 0.3 is 0 Å². The lowest BCUT2D eigenvalue weighted by atomic mass is 10.4. The van der Waals surface area contributed by atoms with Gasteiger partial charge in [-0.05, 0) is 6.92 Å². The van der Waals surface area contributed by atoms with Gasteiger partial charge in [0.05, 0.1) is 39.1 Å². The zero-order valence-corrected chi connectivity index (χ0v) is 8.75. The van der Waals surface area contributed by atoms with Gasteiger partial charge in [0.25, 0.3) is 0 Å². The minimum atomic E-state index is 0.152. The van der Waals surface area contributed by atoms with E-state index in [0.717, 1.165) is 0 Å². The summed E-state index contributed by atoms with van der Waals surface area (Å²) in [6.45, 7) is 5.06. The SMILES string of the molecule is COCCOCCOCC(C)OC. The molecule has 0 amide bonds. The third kappa shape index (κ3) is 9.76. The normalized spacial score (nSPS) is 13.2. The number of hydrogen-bond donors (Lipinski definition) is 0. The summed E-state index contributed by atoms with van der Waals surface area (Å²) in [5, 5.41) is 0. The van der Waals surface area contributed by atoms with Crippen LogP contribution in [-0.2, 0) is 18.9 Å². The molecule has 1 unspecified atom stereocenters. The van der Waals surface area contributed by atoms with Crippen molar-refractivity contribution < 1.29 is 18.9 Å². The van der Waals surface area contributed by atoms with E-state index in [0.29, 0.717) is 33.0 Å². The van der Waals surface area contributed by atoms with Crippen LogP contribution in [0, 0.1) is 0 Å². The smallest absolute Gasteiger partial charge is 0.0776 e. The summed E-state index contributed by atoms with van der Waals surface area (Å²) < 4.78 is 20.3. The highest BCUT2D eigenvalue weighted by Crippen LogP contribution is 1.88. The van der Waals surface area contributed by atoms with E-state index in [1.54, 1.807) is 14.2 Å². The summed E-state index contributed by atoms with van der Waals surface area (Å²) in [7, 11) is 3.32. The average Bonchev–Trinajstić information content (AvgIpc) is 2.16. The number of hydrogen-bond acceptors (Lipinski definition) is 4. The predicted octanol–water partition coefficient (Wildman–Crippen LogP) is 0.701. The molecule has 0 aliphatic rings. The van der Waals surface area contributed by atoms with Gasteiger partial charge in [0.1, 0.15) is 0 Å². The molecule has 0 radical (unpaired) electrons. The number of methoxy groups -OCH3 is 2. The molecule has 0 aliphatic carbocycles. The summed E-state index contributed by atoms with van der Waals surface area (Å²) in [6, 6.07) is 0. The van der Waals surface area contributed by atoms with Crippen molar-refractivity contribution in [3.8, 4) is 0 Å². The lowest BCUT2D eigenvalue weighted by Gasteiger charge is -2.09. The first-order chi connectivity index (χ1) is 6.31. The van der Waals surface area contributed by atoms with Crippen molar-refractivity contribution >= 4 is 0 Å². The van der Waals surface area contributed by atoms with Crippen LogP contribution in [0.5, 0.6) is 0 Å². The molecule has 0 aromatic heterocycles. The van der Waals surface area contributed by atoms with E-state index < -0.39 is 0 Å². The van der Waals surface area contributed by atoms with Gasteiger partial charge in [-0.2, -0.15) is 0 Å². The molecule has 0 spiro atoms. The molecular formula is C9H20O4. The van der Waals surface area contributed by atoms with Crippen molar-refractivity contribution in [1.29, 1.82) is 0 Å². The Morgan fingerprint density at radius 3 is 2.15 bits per heavy atom. The van der Waals surface area contributed by atoms with Crippen LogP contribution in [0.25, 0.3) is 0 Å². The third-order valence-corrected chi connectivity index (χ3v) is 1.56. The van der Waals surface area contributed by atoms with Gasteiger partial charge in [-0.3, -0.25) is 0 Å². The molecule has 0 N–H and O–H groups in total. The second-order valence-electron chi connectivity index (χ2n) is 2.73. The van der Waals surface area contributed by atoms with Gasteiger partial charge in [-0.25, -0.2) is 0 Å². The molecule has 0 bridgehead atoms. The van der Waals surface area contributed by atoms with Gasteiger partial charge in [-0.1, -0.05) is 0 Å². The van der Waals surface area contributed by atoms with Gasteiger partial charge in [-0.15, -0.1) is 0 Å². The van der Waals surface area contributed by atoms with Crippen molar-refractivity contribution in [3.05, 3.63) is 0 Å². The molecule has 80 valence electrons. The van der Waals surface area contributed by atoms with Crippen LogP contribution in [0.3, 0.4) is 0 Å². The highest BCUT2D eigenvalue weighted by Gasteiger charge is 1.97. The van der Waals surface area contributed by atoms with E-state index in [9.17, 15) is 0 Å². The summed E-state index contributed by atoms with van der Waals surface area (Å²) in [6.07, 6.45) is 0.152. The summed E-state index contributed by atoms with van der Waals surface area (Å²) >= 11 is 0. The predicted molar refractivity (Wildman–Crippen MR) is 50.0 cm³/mol. The molecule has 0 aliphatic heterocycles. The third-order valence-electron chi connectivity index (χ3n) is 1.56. The Kier molecular flexibility index (Phi) is 9.80. The monoisotopic (exact) mass is 192 g/mol. The molecule has 4 nitrogen and oxygen atoms in total. The molecule has 0 aromatic carbocycles. The molecule has 0 saturated heterocycles. The fraction of sp³-hybridized carbons (Fsp3) is 1.00. The van der Waals surface area contributed by atoms with Gasteiger partial charge < -0.3 is 18.9 Å². The van der Waals surface area contributed by atoms with Crippen LogP contribution in [0.4, 0.5) is 0 Å². The minimum absolute atomic E-state index is 0.152. The molecule has 0 saturated carbocycles. The Hall–Kier alpha value is -0.160. The standard InChI is InChI=1S/C9H20O4/c1-9(11-3)8-13-7-6-12-5-4-10-2/h9H,4-8H2,1-3H3. The van der Waals surface area contributed by atoms with E-state index in [-0.39, 0.29) is 6.10 Å². The Labute approximate surface area is 80.1 Å². The number of rotatable bonds is 9. The Morgan fingerprint density at radius 2 is 1.54 bits per heavy atom. The van der Waals surface area contributed by atoms with Crippen LogP contribution in [-0.4, -0.2) is 53.4 Å². The molecule has 0 fully saturated rings. The molecule has 4 heteroatoms. The molecule has 0 heterocycles. The molecule has 0 rings (SSSR count). The van der Waals surface area contributed by atoms with Gasteiger partial charge in [0, 0.05) is 14.2 Å². The quantitative estimate of drug-likeness (QED) is 0.504. The first kappa shape index (κ1) is 12.8. The topological polar surface area (TPSA) is 36.9 Å². The fourth-order valence-corrected chi connectivity index (χ4v) is 0.680. The van der Waals surface area contributed by atoms with Gasteiger partial charge in [0.2, 0.25) is 0 Å². The second kappa shape index (κ2) is 9.92. The maximum atomic E-state index is 5.28. The Morgan fingerprint density at radius 1 is 0.923 bits per heavy atom. The Balaban J connectivity index is 2.91. The summed E-state index contributed by atoms with van der Waals surface area (Å²) in [5.41, 5.74) is 0. The van der Waals surface area contributed by atoms with Crippen LogP contribution in [0.1, 0.15) is 6.92 Å².